The van der Waals surface area contributed by atoms with Gasteiger partial charge >= 0.3 is 5.97 Å². The van der Waals surface area contributed by atoms with Gasteiger partial charge in [-0.25, -0.2) is 0 Å². The second-order valence-corrected chi connectivity index (χ2v) is 5.51. The smallest absolute Gasteiger partial charge is 0.311 e. The Bertz CT molecular complexity index is 541. The zero-order valence-electron chi connectivity index (χ0n) is 10.8. The highest BCUT2D eigenvalue weighted by atomic mass is 35.5. The molecular formula is C13H15ClN2O4. The summed E-state index contributed by atoms with van der Waals surface area (Å²) in [6, 6.07) is 4.36. The van der Waals surface area contributed by atoms with Crippen molar-refractivity contribution in [1.82, 2.24) is 5.32 Å². The second kappa shape index (κ2) is 5.76. The summed E-state index contributed by atoms with van der Waals surface area (Å²) in [5.41, 5.74) is -0.703. The average Bonchev–Trinajstić information content (AvgIpc) is 2.41. The van der Waals surface area contributed by atoms with Gasteiger partial charge in [-0.05, 0) is 31.9 Å². The first kappa shape index (κ1) is 14.7. The number of hydrogen-bond donors (Lipinski definition) is 2. The van der Waals surface area contributed by atoms with E-state index in [0.717, 1.165) is 13.0 Å². The number of nitrogens with one attached hydrogen (secondary N) is 1. The predicted octanol–water partition coefficient (Wildman–Crippen LogP) is 2.25. The highest BCUT2D eigenvalue weighted by molar-refractivity contribution is 6.30. The third-order valence-electron chi connectivity index (χ3n) is 3.70. The van der Waals surface area contributed by atoms with Gasteiger partial charge < -0.3 is 10.4 Å². The van der Waals surface area contributed by atoms with E-state index in [1.165, 1.54) is 6.07 Å². The summed E-state index contributed by atoms with van der Waals surface area (Å²) in [5, 5.41) is 23.9. The van der Waals surface area contributed by atoms with Gasteiger partial charge in [0.25, 0.3) is 5.69 Å². The molecule has 20 heavy (non-hydrogen) atoms. The van der Waals surface area contributed by atoms with Gasteiger partial charge in [0.1, 0.15) is 0 Å². The van der Waals surface area contributed by atoms with Gasteiger partial charge in [-0.15, -0.1) is 0 Å². The third kappa shape index (κ3) is 2.91. The summed E-state index contributed by atoms with van der Waals surface area (Å²) < 4.78 is 0. The van der Waals surface area contributed by atoms with E-state index in [2.05, 4.69) is 5.32 Å². The van der Waals surface area contributed by atoms with Gasteiger partial charge in [0, 0.05) is 23.2 Å². The molecular weight excluding hydrogens is 284 g/mol. The van der Waals surface area contributed by atoms with E-state index in [1.54, 1.807) is 12.1 Å². The molecule has 0 saturated carbocycles. The molecule has 1 aliphatic rings. The fraction of sp³-hybridized carbons (Fsp3) is 0.462. The standard InChI is InChI=1S/C13H15ClN2O4/c14-10-3-2-9(11(6-10)16(19)20)7-13(12(17)18)4-1-5-15-8-13/h2-3,6,15H,1,4-5,7-8H2,(H,17,18). The lowest BCUT2D eigenvalue weighted by Gasteiger charge is -2.33. The van der Waals surface area contributed by atoms with Crippen LogP contribution in [0.4, 0.5) is 5.69 Å². The van der Waals surface area contributed by atoms with E-state index in [0.29, 0.717) is 18.5 Å². The Kier molecular flexibility index (Phi) is 4.25. The fourth-order valence-electron chi connectivity index (χ4n) is 2.60. The predicted molar refractivity (Wildman–Crippen MR) is 74.0 cm³/mol. The Hall–Kier alpha value is -1.66. The van der Waals surface area contributed by atoms with Crippen molar-refractivity contribution in [2.75, 3.05) is 13.1 Å². The summed E-state index contributed by atoms with van der Waals surface area (Å²) in [6.45, 7) is 1.10. The molecule has 1 unspecified atom stereocenters. The Labute approximate surface area is 120 Å². The summed E-state index contributed by atoms with van der Waals surface area (Å²) in [4.78, 5) is 22.1. The quantitative estimate of drug-likeness (QED) is 0.657. The van der Waals surface area contributed by atoms with Crippen molar-refractivity contribution in [1.29, 1.82) is 0 Å². The molecule has 1 saturated heterocycles. The SMILES string of the molecule is O=C(O)C1(Cc2ccc(Cl)cc2[N+](=O)[O-])CCCNC1. The first-order valence-electron chi connectivity index (χ1n) is 6.31. The third-order valence-corrected chi connectivity index (χ3v) is 3.93. The number of rotatable bonds is 4. The van der Waals surface area contributed by atoms with E-state index >= 15 is 0 Å². The van der Waals surface area contributed by atoms with E-state index < -0.39 is 16.3 Å². The van der Waals surface area contributed by atoms with Crippen LogP contribution >= 0.6 is 11.6 Å². The van der Waals surface area contributed by atoms with E-state index in [9.17, 15) is 20.0 Å². The molecule has 7 heteroatoms. The first-order chi connectivity index (χ1) is 9.44. The molecule has 2 N–H and O–H groups in total. The molecule has 6 nitrogen and oxygen atoms in total. The molecule has 1 aromatic carbocycles. The van der Waals surface area contributed by atoms with Gasteiger partial charge in [0.2, 0.25) is 0 Å². The number of halogens is 1. The number of nitrogens with zero attached hydrogens (tertiary/aromatic N) is 1. The van der Waals surface area contributed by atoms with Crippen LogP contribution in [0.5, 0.6) is 0 Å². The molecule has 0 spiro atoms. The number of piperidine rings is 1. The van der Waals surface area contributed by atoms with Crippen LogP contribution in [0.2, 0.25) is 5.02 Å². The number of nitro groups is 1. The monoisotopic (exact) mass is 298 g/mol. The molecule has 0 bridgehead atoms. The zero-order chi connectivity index (χ0) is 14.8. The van der Waals surface area contributed by atoms with E-state index in [-0.39, 0.29) is 17.1 Å². The summed E-state index contributed by atoms with van der Waals surface area (Å²) >= 11 is 5.77. The van der Waals surface area contributed by atoms with Crippen LogP contribution in [-0.4, -0.2) is 29.1 Å². The van der Waals surface area contributed by atoms with Crippen LogP contribution in [0.15, 0.2) is 18.2 Å². The molecule has 1 aliphatic heterocycles. The molecule has 2 rings (SSSR count). The van der Waals surface area contributed by atoms with Gasteiger partial charge in [-0.3, -0.25) is 14.9 Å². The Morgan fingerprint density at radius 2 is 2.30 bits per heavy atom. The number of carboxylic acids is 1. The van der Waals surface area contributed by atoms with Crippen molar-refractivity contribution in [3.8, 4) is 0 Å². The normalized spacial score (nSPS) is 22.4. The lowest BCUT2D eigenvalue weighted by Crippen LogP contribution is -2.47. The molecule has 1 heterocycles. The molecule has 1 aromatic rings. The van der Waals surface area contributed by atoms with Crippen LogP contribution in [0.1, 0.15) is 18.4 Å². The minimum absolute atomic E-state index is 0.122. The number of carbonyl (C=O) groups is 1. The number of aliphatic carboxylic acids is 1. The summed E-state index contributed by atoms with van der Waals surface area (Å²) in [5.74, 6) is -0.922. The van der Waals surface area contributed by atoms with Crippen molar-refractivity contribution in [2.24, 2.45) is 5.41 Å². The van der Waals surface area contributed by atoms with Gasteiger partial charge in [-0.2, -0.15) is 0 Å². The number of benzene rings is 1. The second-order valence-electron chi connectivity index (χ2n) is 5.07. The molecule has 0 aliphatic carbocycles. The van der Waals surface area contributed by atoms with Gasteiger partial charge in [0.05, 0.1) is 10.3 Å². The molecule has 1 fully saturated rings. The van der Waals surface area contributed by atoms with Crippen molar-refractivity contribution in [3.05, 3.63) is 38.9 Å². The topological polar surface area (TPSA) is 92.5 Å². The Balaban J connectivity index is 2.36. The zero-order valence-corrected chi connectivity index (χ0v) is 11.5. The Morgan fingerprint density at radius 3 is 2.85 bits per heavy atom. The van der Waals surface area contributed by atoms with Crippen molar-refractivity contribution < 1.29 is 14.8 Å². The van der Waals surface area contributed by atoms with Crippen LogP contribution in [0, 0.1) is 15.5 Å². The summed E-state index contributed by atoms with van der Waals surface area (Å²) in [7, 11) is 0. The van der Waals surface area contributed by atoms with Crippen molar-refractivity contribution in [2.45, 2.75) is 19.3 Å². The highest BCUT2D eigenvalue weighted by Gasteiger charge is 2.41. The van der Waals surface area contributed by atoms with Crippen LogP contribution in [0.25, 0.3) is 0 Å². The maximum absolute atomic E-state index is 11.6. The fourth-order valence-corrected chi connectivity index (χ4v) is 2.76. The van der Waals surface area contributed by atoms with Crippen LogP contribution in [-0.2, 0) is 11.2 Å². The van der Waals surface area contributed by atoms with Crippen molar-refractivity contribution >= 4 is 23.3 Å². The minimum atomic E-state index is -0.989. The molecule has 1 atom stereocenters. The van der Waals surface area contributed by atoms with Crippen LogP contribution in [0.3, 0.4) is 0 Å². The molecule has 0 radical (unpaired) electrons. The minimum Gasteiger partial charge on any atom is -0.481 e. The molecule has 108 valence electrons. The maximum Gasteiger partial charge on any atom is 0.311 e. The lowest BCUT2D eigenvalue weighted by molar-refractivity contribution is -0.385. The van der Waals surface area contributed by atoms with Gasteiger partial charge in [0.15, 0.2) is 0 Å². The number of nitro benzene ring substituents is 1. The molecule has 0 aromatic heterocycles. The first-order valence-corrected chi connectivity index (χ1v) is 6.69. The number of carboxylic acid groups (broad SMARTS) is 1. The maximum atomic E-state index is 11.6. The van der Waals surface area contributed by atoms with Crippen LogP contribution < -0.4 is 5.32 Å². The highest BCUT2D eigenvalue weighted by Crippen LogP contribution is 2.35. The largest absolute Gasteiger partial charge is 0.481 e. The Morgan fingerprint density at radius 1 is 1.55 bits per heavy atom. The summed E-state index contributed by atoms with van der Waals surface area (Å²) in [6.07, 6.45) is 1.38. The lowest BCUT2D eigenvalue weighted by atomic mass is 9.75. The van der Waals surface area contributed by atoms with E-state index in [4.69, 9.17) is 11.6 Å². The number of hydrogen-bond acceptors (Lipinski definition) is 4. The van der Waals surface area contributed by atoms with Gasteiger partial charge in [-0.1, -0.05) is 17.7 Å². The van der Waals surface area contributed by atoms with E-state index in [1.807, 2.05) is 0 Å². The van der Waals surface area contributed by atoms with Crippen molar-refractivity contribution in [3.63, 3.8) is 0 Å². The average molecular weight is 299 g/mol. The molecule has 0 amide bonds.